The third kappa shape index (κ3) is 3.16. The van der Waals surface area contributed by atoms with Gasteiger partial charge in [0.25, 0.3) is 5.91 Å². The minimum absolute atomic E-state index is 0.186. The van der Waals surface area contributed by atoms with Gasteiger partial charge in [-0.25, -0.2) is 4.39 Å². The topological polar surface area (TPSA) is 51.5 Å². The van der Waals surface area contributed by atoms with Gasteiger partial charge in [-0.05, 0) is 37.6 Å². The standard InChI is InChI=1S/C19H18FNO3/c1-3-23-11-15-14-6-4-5-7-17(14)24-18(15)19(22)21-13-9-8-12(2)16(20)10-13/h4-10H,3,11H2,1-2H3,(H,21,22). The molecule has 3 aromatic rings. The molecule has 0 unspecified atom stereocenters. The van der Waals surface area contributed by atoms with Gasteiger partial charge in [-0.2, -0.15) is 0 Å². The molecule has 0 fully saturated rings. The molecule has 0 radical (unpaired) electrons. The molecule has 0 atom stereocenters. The second-order valence-corrected chi connectivity index (χ2v) is 5.46. The Morgan fingerprint density at radius 2 is 2.04 bits per heavy atom. The monoisotopic (exact) mass is 327 g/mol. The fourth-order valence-electron chi connectivity index (χ4n) is 2.49. The average Bonchev–Trinajstić information content (AvgIpc) is 2.95. The highest BCUT2D eigenvalue weighted by Crippen LogP contribution is 2.27. The van der Waals surface area contributed by atoms with Gasteiger partial charge in [-0.15, -0.1) is 0 Å². The summed E-state index contributed by atoms with van der Waals surface area (Å²) in [6, 6.07) is 12.0. The molecule has 2 aromatic carbocycles. The van der Waals surface area contributed by atoms with Crippen LogP contribution >= 0.6 is 0 Å². The Bertz CT molecular complexity index is 885. The average molecular weight is 327 g/mol. The largest absolute Gasteiger partial charge is 0.451 e. The number of furan rings is 1. The zero-order chi connectivity index (χ0) is 17.1. The first-order valence-corrected chi connectivity index (χ1v) is 7.75. The quantitative estimate of drug-likeness (QED) is 0.741. The van der Waals surface area contributed by atoms with Crippen molar-refractivity contribution < 1.29 is 18.3 Å². The van der Waals surface area contributed by atoms with Gasteiger partial charge < -0.3 is 14.5 Å². The highest BCUT2D eigenvalue weighted by atomic mass is 19.1. The maximum absolute atomic E-state index is 13.7. The van der Waals surface area contributed by atoms with Crippen molar-refractivity contribution in [3.63, 3.8) is 0 Å². The summed E-state index contributed by atoms with van der Waals surface area (Å²) in [5.74, 6) is -0.610. The van der Waals surface area contributed by atoms with Crippen molar-refractivity contribution in [1.29, 1.82) is 0 Å². The van der Waals surface area contributed by atoms with Crippen molar-refractivity contribution in [1.82, 2.24) is 0 Å². The van der Waals surface area contributed by atoms with Gasteiger partial charge in [-0.3, -0.25) is 4.79 Å². The Balaban J connectivity index is 1.94. The summed E-state index contributed by atoms with van der Waals surface area (Å²) in [4.78, 5) is 12.6. The summed E-state index contributed by atoms with van der Waals surface area (Å²) in [7, 11) is 0. The number of hydrogen-bond acceptors (Lipinski definition) is 3. The lowest BCUT2D eigenvalue weighted by Gasteiger charge is -2.07. The highest BCUT2D eigenvalue weighted by Gasteiger charge is 2.20. The molecular weight excluding hydrogens is 309 g/mol. The summed E-state index contributed by atoms with van der Waals surface area (Å²) in [5, 5.41) is 3.51. The number of carbonyl (C=O) groups excluding carboxylic acids is 1. The van der Waals surface area contributed by atoms with Gasteiger partial charge >= 0.3 is 0 Å². The zero-order valence-corrected chi connectivity index (χ0v) is 13.6. The van der Waals surface area contributed by atoms with E-state index in [0.717, 1.165) is 5.39 Å². The predicted octanol–water partition coefficient (Wildman–Crippen LogP) is 4.67. The van der Waals surface area contributed by atoms with Crippen molar-refractivity contribution in [3.8, 4) is 0 Å². The third-order valence-corrected chi connectivity index (χ3v) is 3.78. The molecule has 5 heteroatoms. The number of benzene rings is 2. The molecule has 1 heterocycles. The number of amides is 1. The van der Waals surface area contributed by atoms with E-state index in [0.29, 0.717) is 29.0 Å². The van der Waals surface area contributed by atoms with Crippen molar-refractivity contribution in [2.45, 2.75) is 20.5 Å². The molecule has 4 nitrogen and oxygen atoms in total. The van der Waals surface area contributed by atoms with E-state index in [1.54, 1.807) is 25.1 Å². The molecule has 0 aliphatic carbocycles. The normalized spacial score (nSPS) is 11.0. The van der Waals surface area contributed by atoms with Crippen molar-refractivity contribution >= 4 is 22.6 Å². The van der Waals surface area contributed by atoms with E-state index < -0.39 is 5.91 Å². The van der Waals surface area contributed by atoms with E-state index in [4.69, 9.17) is 9.15 Å². The van der Waals surface area contributed by atoms with Crippen LogP contribution in [0, 0.1) is 12.7 Å². The molecule has 1 N–H and O–H groups in total. The minimum atomic E-state index is -0.427. The molecule has 0 aliphatic heterocycles. The number of anilines is 1. The Morgan fingerprint density at radius 3 is 2.79 bits per heavy atom. The molecule has 0 bridgehead atoms. The minimum Gasteiger partial charge on any atom is -0.451 e. The summed E-state index contributed by atoms with van der Waals surface area (Å²) >= 11 is 0. The number of nitrogens with one attached hydrogen (secondary N) is 1. The van der Waals surface area contributed by atoms with Gasteiger partial charge in [0.15, 0.2) is 5.76 Å². The van der Waals surface area contributed by atoms with E-state index in [-0.39, 0.29) is 18.2 Å². The molecule has 0 saturated heterocycles. The second kappa shape index (κ2) is 6.84. The number of aryl methyl sites for hydroxylation is 1. The number of fused-ring (bicyclic) bond motifs is 1. The maximum atomic E-state index is 13.7. The van der Waals surface area contributed by atoms with Crippen LogP contribution in [0.1, 0.15) is 28.6 Å². The first kappa shape index (κ1) is 16.2. The molecule has 0 saturated carbocycles. The van der Waals surface area contributed by atoms with E-state index in [9.17, 15) is 9.18 Å². The maximum Gasteiger partial charge on any atom is 0.291 e. The van der Waals surface area contributed by atoms with E-state index in [2.05, 4.69) is 5.32 Å². The van der Waals surface area contributed by atoms with E-state index in [1.165, 1.54) is 6.07 Å². The smallest absolute Gasteiger partial charge is 0.291 e. The number of hydrogen-bond donors (Lipinski definition) is 1. The predicted molar refractivity (Wildman–Crippen MR) is 90.6 cm³/mol. The first-order valence-electron chi connectivity index (χ1n) is 7.75. The summed E-state index contributed by atoms with van der Waals surface area (Å²) in [6.45, 7) is 4.36. The first-order chi connectivity index (χ1) is 11.6. The van der Waals surface area contributed by atoms with Crippen LogP contribution < -0.4 is 5.32 Å². The van der Waals surface area contributed by atoms with Crippen LogP contribution in [0.4, 0.5) is 10.1 Å². The van der Waals surface area contributed by atoms with Crippen molar-refractivity contribution in [2.24, 2.45) is 0 Å². The van der Waals surface area contributed by atoms with Crippen LogP contribution in [0.5, 0.6) is 0 Å². The number of halogens is 1. The Labute approximate surface area is 139 Å². The third-order valence-electron chi connectivity index (χ3n) is 3.78. The van der Waals surface area contributed by atoms with Crippen LogP contribution in [0.2, 0.25) is 0 Å². The van der Waals surface area contributed by atoms with Gasteiger partial charge in [0.2, 0.25) is 0 Å². The summed E-state index contributed by atoms with van der Waals surface area (Å²) in [5.41, 5.74) is 2.21. The Morgan fingerprint density at radius 1 is 1.25 bits per heavy atom. The second-order valence-electron chi connectivity index (χ2n) is 5.46. The number of carbonyl (C=O) groups is 1. The van der Waals surface area contributed by atoms with Crippen LogP contribution in [0.15, 0.2) is 46.9 Å². The van der Waals surface area contributed by atoms with Crippen LogP contribution in [-0.2, 0) is 11.3 Å². The SMILES string of the molecule is CCOCc1c(C(=O)Nc2ccc(C)c(F)c2)oc2ccccc12. The molecule has 0 spiro atoms. The molecule has 1 amide bonds. The molecule has 0 aliphatic rings. The Kier molecular flexibility index (Phi) is 4.62. The molecular formula is C19H18FNO3. The van der Waals surface area contributed by atoms with Gasteiger partial charge in [0, 0.05) is 23.2 Å². The lowest BCUT2D eigenvalue weighted by atomic mass is 10.1. The van der Waals surface area contributed by atoms with Gasteiger partial charge in [-0.1, -0.05) is 24.3 Å². The highest BCUT2D eigenvalue weighted by molar-refractivity contribution is 6.06. The van der Waals surface area contributed by atoms with E-state index in [1.807, 2.05) is 25.1 Å². The van der Waals surface area contributed by atoms with Crippen LogP contribution in [0.3, 0.4) is 0 Å². The fraction of sp³-hybridized carbons (Fsp3) is 0.211. The zero-order valence-electron chi connectivity index (χ0n) is 13.6. The fourth-order valence-corrected chi connectivity index (χ4v) is 2.49. The van der Waals surface area contributed by atoms with Crippen LogP contribution in [0.25, 0.3) is 11.0 Å². The summed E-state index contributed by atoms with van der Waals surface area (Å²) < 4.78 is 24.8. The molecule has 1 aromatic heterocycles. The van der Waals surface area contributed by atoms with Crippen molar-refractivity contribution in [3.05, 3.63) is 65.2 Å². The lowest BCUT2D eigenvalue weighted by molar-refractivity contribution is 0.0984. The number of ether oxygens (including phenoxy) is 1. The summed E-state index contributed by atoms with van der Waals surface area (Å²) in [6.07, 6.45) is 0. The molecule has 124 valence electrons. The molecule has 3 rings (SSSR count). The van der Waals surface area contributed by atoms with Crippen LogP contribution in [-0.4, -0.2) is 12.5 Å². The van der Waals surface area contributed by atoms with E-state index >= 15 is 0 Å². The van der Waals surface area contributed by atoms with Crippen molar-refractivity contribution in [2.75, 3.05) is 11.9 Å². The Hall–Kier alpha value is -2.66. The van der Waals surface area contributed by atoms with Gasteiger partial charge in [0.05, 0.1) is 6.61 Å². The number of para-hydroxylation sites is 1. The molecule has 24 heavy (non-hydrogen) atoms. The van der Waals surface area contributed by atoms with Gasteiger partial charge in [0.1, 0.15) is 11.4 Å². The number of rotatable bonds is 5. The lowest BCUT2D eigenvalue weighted by Crippen LogP contribution is -2.13.